The standard InChI is InChI=1S/C23H14F5N/c1-13-10-22(29-21-9-6-16(11-19(13)21)23(26,27)28)15-4-2-14(3-5-15)18-8-7-17(24)12-20(18)25/h2-12H,1H3. The number of rotatable bonds is 2. The van der Waals surface area contributed by atoms with Crippen LogP contribution in [0.5, 0.6) is 0 Å². The van der Waals surface area contributed by atoms with Gasteiger partial charge in [0, 0.05) is 22.6 Å². The summed E-state index contributed by atoms with van der Waals surface area (Å²) in [5, 5.41) is 0.438. The molecule has 0 radical (unpaired) electrons. The number of aryl methyl sites for hydroxylation is 1. The van der Waals surface area contributed by atoms with Crippen LogP contribution in [0.25, 0.3) is 33.3 Å². The Morgan fingerprint density at radius 1 is 0.759 bits per heavy atom. The van der Waals surface area contributed by atoms with Crippen LogP contribution in [0, 0.1) is 18.6 Å². The lowest BCUT2D eigenvalue weighted by atomic mass is 10.00. The highest BCUT2D eigenvalue weighted by molar-refractivity contribution is 5.86. The maximum absolute atomic E-state index is 14.0. The summed E-state index contributed by atoms with van der Waals surface area (Å²) in [6.07, 6.45) is -4.41. The Kier molecular flexibility index (Phi) is 4.57. The molecule has 1 aromatic heterocycles. The van der Waals surface area contributed by atoms with Gasteiger partial charge in [-0.25, -0.2) is 13.8 Å². The van der Waals surface area contributed by atoms with Crippen molar-refractivity contribution in [3.05, 3.63) is 89.5 Å². The Hall–Kier alpha value is -3.28. The average molecular weight is 399 g/mol. The molecule has 0 aliphatic carbocycles. The van der Waals surface area contributed by atoms with Crippen LogP contribution in [-0.2, 0) is 6.18 Å². The minimum absolute atomic E-state index is 0.278. The maximum Gasteiger partial charge on any atom is 0.416 e. The van der Waals surface area contributed by atoms with Crippen molar-refractivity contribution in [3.63, 3.8) is 0 Å². The molecule has 4 rings (SSSR count). The molecule has 4 aromatic rings. The van der Waals surface area contributed by atoms with Gasteiger partial charge in [-0.05, 0) is 54.4 Å². The van der Waals surface area contributed by atoms with E-state index in [0.29, 0.717) is 27.7 Å². The predicted octanol–water partition coefficient (Wildman–Crippen LogP) is 7.17. The molecule has 0 bridgehead atoms. The second-order valence-corrected chi connectivity index (χ2v) is 6.76. The molecule has 0 unspecified atom stereocenters. The lowest BCUT2D eigenvalue weighted by Gasteiger charge is -2.11. The van der Waals surface area contributed by atoms with Crippen molar-refractivity contribution in [3.8, 4) is 22.4 Å². The van der Waals surface area contributed by atoms with Crippen LogP contribution in [-0.4, -0.2) is 4.98 Å². The summed E-state index contributed by atoms with van der Waals surface area (Å²) in [5.41, 5.74) is 2.61. The third-order valence-corrected chi connectivity index (χ3v) is 4.77. The van der Waals surface area contributed by atoms with Gasteiger partial charge in [-0.1, -0.05) is 24.3 Å². The quantitative estimate of drug-likeness (QED) is 0.326. The first-order valence-corrected chi connectivity index (χ1v) is 8.77. The van der Waals surface area contributed by atoms with Crippen LogP contribution in [0.4, 0.5) is 22.0 Å². The molecule has 0 fully saturated rings. The number of benzene rings is 3. The Balaban J connectivity index is 1.73. The Bertz CT molecular complexity index is 1210. The molecule has 1 heterocycles. The number of alkyl halides is 3. The van der Waals surface area contributed by atoms with Gasteiger partial charge in [0.2, 0.25) is 0 Å². The minimum Gasteiger partial charge on any atom is -0.248 e. The van der Waals surface area contributed by atoms with Crippen molar-refractivity contribution in [1.29, 1.82) is 0 Å². The van der Waals surface area contributed by atoms with Crippen molar-refractivity contribution >= 4 is 10.9 Å². The van der Waals surface area contributed by atoms with Crippen LogP contribution in [0.15, 0.2) is 66.7 Å². The highest BCUT2D eigenvalue weighted by Gasteiger charge is 2.30. The summed E-state index contributed by atoms with van der Waals surface area (Å²) >= 11 is 0. The number of hydrogen-bond donors (Lipinski definition) is 0. The highest BCUT2D eigenvalue weighted by atomic mass is 19.4. The molecule has 3 aromatic carbocycles. The van der Waals surface area contributed by atoms with Gasteiger partial charge in [0.25, 0.3) is 0 Å². The molecule has 146 valence electrons. The molecule has 0 saturated carbocycles. The molecule has 0 atom stereocenters. The van der Waals surface area contributed by atoms with Gasteiger partial charge in [-0.2, -0.15) is 13.2 Å². The molecule has 0 amide bonds. The average Bonchev–Trinajstić information content (AvgIpc) is 2.67. The number of aromatic nitrogens is 1. The monoisotopic (exact) mass is 399 g/mol. The van der Waals surface area contributed by atoms with Gasteiger partial charge in [-0.3, -0.25) is 0 Å². The van der Waals surface area contributed by atoms with E-state index in [1.807, 2.05) is 0 Å². The van der Waals surface area contributed by atoms with Crippen molar-refractivity contribution in [1.82, 2.24) is 4.98 Å². The maximum atomic E-state index is 14.0. The van der Waals surface area contributed by atoms with Crippen molar-refractivity contribution < 1.29 is 22.0 Å². The zero-order valence-corrected chi connectivity index (χ0v) is 15.2. The minimum atomic E-state index is -4.41. The molecular weight excluding hydrogens is 385 g/mol. The summed E-state index contributed by atoms with van der Waals surface area (Å²) in [6, 6.07) is 15.5. The van der Waals surface area contributed by atoms with E-state index in [1.165, 1.54) is 18.2 Å². The van der Waals surface area contributed by atoms with Gasteiger partial charge >= 0.3 is 6.18 Å². The van der Waals surface area contributed by atoms with E-state index in [4.69, 9.17) is 0 Å². The van der Waals surface area contributed by atoms with E-state index >= 15 is 0 Å². The first-order chi connectivity index (χ1) is 13.7. The molecule has 0 N–H and O–H groups in total. The van der Waals surface area contributed by atoms with Gasteiger partial charge in [-0.15, -0.1) is 0 Å². The molecule has 0 aliphatic rings. The van der Waals surface area contributed by atoms with Gasteiger partial charge < -0.3 is 0 Å². The molecule has 0 saturated heterocycles. The Labute approximate surface area is 163 Å². The largest absolute Gasteiger partial charge is 0.416 e. The van der Waals surface area contributed by atoms with Gasteiger partial charge in [0.15, 0.2) is 0 Å². The topological polar surface area (TPSA) is 12.9 Å². The number of pyridine rings is 1. The van der Waals surface area contributed by atoms with E-state index in [2.05, 4.69) is 4.98 Å². The van der Waals surface area contributed by atoms with Crippen molar-refractivity contribution in [2.45, 2.75) is 13.1 Å². The lowest BCUT2D eigenvalue weighted by molar-refractivity contribution is -0.137. The molecular formula is C23H14F5N. The van der Waals surface area contributed by atoms with E-state index < -0.39 is 23.4 Å². The predicted molar refractivity (Wildman–Crippen MR) is 102 cm³/mol. The fourth-order valence-electron chi connectivity index (χ4n) is 3.26. The van der Waals surface area contributed by atoms with E-state index in [1.54, 1.807) is 37.3 Å². The zero-order valence-electron chi connectivity index (χ0n) is 15.2. The first-order valence-electron chi connectivity index (χ1n) is 8.77. The van der Waals surface area contributed by atoms with Crippen molar-refractivity contribution in [2.75, 3.05) is 0 Å². The summed E-state index contributed by atoms with van der Waals surface area (Å²) in [4.78, 5) is 4.47. The number of hydrogen-bond acceptors (Lipinski definition) is 1. The van der Waals surface area contributed by atoms with Gasteiger partial charge in [0.1, 0.15) is 11.6 Å². The number of nitrogens with zero attached hydrogens (tertiary/aromatic N) is 1. The molecule has 0 aliphatic heterocycles. The fourth-order valence-corrected chi connectivity index (χ4v) is 3.26. The molecule has 0 spiro atoms. The van der Waals surface area contributed by atoms with E-state index in [9.17, 15) is 22.0 Å². The second-order valence-electron chi connectivity index (χ2n) is 6.76. The number of halogens is 5. The Morgan fingerprint density at radius 3 is 2.10 bits per heavy atom. The van der Waals surface area contributed by atoms with Crippen LogP contribution < -0.4 is 0 Å². The SMILES string of the molecule is Cc1cc(-c2ccc(-c3ccc(F)cc3F)cc2)nc2ccc(C(F)(F)F)cc12. The summed E-state index contributed by atoms with van der Waals surface area (Å²) in [7, 11) is 0. The zero-order chi connectivity index (χ0) is 20.8. The third kappa shape index (κ3) is 3.70. The van der Waals surface area contributed by atoms with Gasteiger partial charge in [0.05, 0.1) is 16.8 Å². The smallest absolute Gasteiger partial charge is 0.248 e. The summed E-state index contributed by atoms with van der Waals surface area (Å²) < 4.78 is 65.9. The van der Waals surface area contributed by atoms with Crippen LogP contribution in [0.2, 0.25) is 0 Å². The second kappa shape index (κ2) is 6.95. The molecule has 6 heteroatoms. The molecule has 1 nitrogen and oxygen atoms in total. The summed E-state index contributed by atoms with van der Waals surface area (Å²) in [5.74, 6) is -1.30. The third-order valence-electron chi connectivity index (χ3n) is 4.77. The Morgan fingerprint density at radius 2 is 1.45 bits per heavy atom. The highest BCUT2D eigenvalue weighted by Crippen LogP contribution is 2.33. The van der Waals surface area contributed by atoms with Crippen molar-refractivity contribution in [2.24, 2.45) is 0 Å². The summed E-state index contributed by atoms with van der Waals surface area (Å²) in [6.45, 7) is 1.73. The normalized spacial score (nSPS) is 11.8. The molecule has 29 heavy (non-hydrogen) atoms. The van der Waals surface area contributed by atoms with E-state index in [-0.39, 0.29) is 5.56 Å². The first kappa shape index (κ1) is 19.1. The van der Waals surface area contributed by atoms with Crippen LogP contribution >= 0.6 is 0 Å². The lowest BCUT2D eigenvalue weighted by Crippen LogP contribution is -2.04. The van der Waals surface area contributed by atoms with Crippen LogP contribution in [0.3, 0.4) is 0 Å². The van der Waals surface area contributed by atoms with E-state index in [0.717, 1.165) is 23.8 Å². The number of fused-ring (bicyclic) bond motifs is 1. The van der Waals surface area contributed by atoms with Crippen LogP contribution in [0.1, 0.15) is 11.1 Å². The fraction of sp³-hybridized carbons (Fsp3) is 0.0870.